The average Bonchev–Trinajstić information content (AvgIpc) is 2.78. The van der Waals surface area contributed by atoms with Crippen LogP contribution in [-0.4, -0.2) is 59.5 Å². The quantitative estimate of drug-likeness (QED) is 0.257. The number of benzene rings is 1. The van der Waals surface area contributed by atoms with Crippen LogP contribution in [-0.2, 0) is 14.3 Å². The van der Waals surface area contributed by atoms with Crippen LogP contribution in [0.3, 0.4) is 0 Å². The third-order valence-electron chi connectivity index (χ3n) is 5.57. The molecule has 202 valence electrons. The predicted octanol–water partition coefficient (Wildman–Crippen LogP) is 5.31. The molecule has 2 atom stereocenters. The zero-order valence-electron chi connectivity index (χ0n) is 23.1. The number of nitrogens with zero attached hydrogens (tertiary/aromatic N) is 1. The van der Waals surface area contributed by atoms with Gasteiger partial charge in [-0.3, -0.25) is 9.59 Å². The molecule has 0 spiro atoms. The Bertz CT molecular complexity index is 882. The maximum absolute atomic E-state index is 13.9. The minimum atomic E-state index is -0.852. The Kier molecular flexibility index (Phi) is 13.7. The van der Waals surface area contributed by atoms with Gasteiger partial charge in [-0.25, -0.2) is 4.79 Å². The standard InChI is InChI=1S/C28H45N3O4S/c1-9-11-12-16-29-25(32)24(22-14-13-20(3)19-21(22)4)31(17-10-2)26(33)23(15-18-36-8)30-27(34)35-28(5,6)7/h10,13-14,19,23-24H,2,9,11-12,15-18H2,1,3-8H3,(H,29,32)(H,30,34). The normalized spacial score (nSPS) is 12.9. The summed E-state index contributed by atoms with van der Waals surface area (Å²) in [4.78, 5) is 41.6. The number of hydrogen-bond acceptors (Lipinski definition) is 5. The van der Waals surface area contributed by atoms with E-state index in [9.17, 15) is 14.4 Å². The molecule has 1 aromatic carbocycles. The number of aryl methyl sites for hydroxylation is 2. The zero-order chi connectivity index (χ0) is 27.3. The van der Waals surface area contributed by atoms with E-state index in [4.69, 9.17) is 4.74 Å². The third-order valence-corrected chi connectivity index (χ3v) is 6.21. The van der Waals surface area contributed by atoms with Crippen molar-refractivity contribution in [2.75, 3.05) is 25.1 Å². The van der Waals surface area contributed by atoms with Gasteiger partial charge < -0.3 is 20.3 Å². The van der Waals surface area contributed by atoms with Crippen molar-refractivity contribution in [1.82, 2.24) is 15.5 Å². The first-order valence-corrected chi connectivity index (χ1v) is 14.1. The molecule has 7 nitrogen and oxygen atoms in total. The number of thioether (sulfide) groups is 1. The number of carbonyl (C=O) groups is 3. The summed E-state index contributed by atoms with van der Waals surface area (Å²) in [6, 6.07) is 4.17. The van der Waals surface area contributed by atoms with Gasteiger partial charge in [0.15, 0.2) is 0 Å². The molecule has 2 unspecified atom stereocenters. The van der Waals surface area contributed by atoms with Gasteiger partial charge in [0.25, 0.3) is 0 Å². The fourth-order valence-electron chi connectivity index (χ4n) is 3.87. The van der Waals surface area contributed by atoms with Gasteiger partial charge in [-0.1, -0.05) is 49.6 Å². The smallest absolute Gasteiger partial charge is 0.408 e. The first-order valence-electron chi connectivity index (χ1n) is 12.7. The van der Waals surface area contributed by atoms with Crippen molar-refractivity contribution >= 4 is 29.7 Å². The minimum Gasteiger partial charge on any atom is -0.444 e. The molecule has 0 saturated heterocycles. The molecular formula is C28H45N3O4S. The topological polar surface area (TPSA) is 87.7 Å². The number of nitrogens with one attached hydrogen (secondary N) is 2. The molecule has 0 bridgehead atoms. The summed E-state index contributed by atoms with van der Waals surface area (Å²) in [6.07, 6.45) is 6.23. The number of alkyl carbamates (subject to hydrolysis) is 1. The Balaban J connectivity index is 3.40. The first kappa shape index (κ1) is 31.5. The Morgan fingerprint density at radius 1 is 1.19 bits per heavy atom. The molecule has 0 radical (unpaired) electrons. The zero-order valence-corrected chi connectivity index (χ0v) is 23.9. The van der Waals surface area contributed by atoms with Gasteiger partial charge in [-0.05, 0) is 70.6 Å². The van der Waals surface area contributed by atoms with Crippen LogP contribution in [0, 0.1) is 13.8 Å². The molecule has 0 aromatic heterocycles. The Labute approximate surface area is 221 Å². The summed E-state index contributed by atoms with van der Waals surface area (Å²) < 4.78 is 5.41. The number of hydrogen-bond donors (Lipinski definition) is 2. The van der Waals surface area contributed by atoms with Crippen LogP contribution in [0.1, 0.15) is 76.1 Å². The second kappa shape index (κ2) is 15.6. The molecule has 0 aliphatic heterocycles. The first-order chi connectivity index (χ1) is 16.9. The van der Waals surface area contributed by atoms with E-state index in [1.54, 1.807) is 38.6 Å². The molecule has 0 aliphatic carbocycles. The lowest BCUT2D eigenvalue weighted by Gasteiger charge is -2.34. The van der Waals surface area contributed by atoms with E-state index >= 15 is 0 Å². The molecular weight excluding hydrogens is 474 g/mol. The molecule has 1 rings (SSSR count). The number of amides is 3. The monoisotopic (exact) mass is 519 g/mol. The summed E-state index contributed by atoms with van der Waals surface area (Å²) in [6.45, 7) is 15.9. The molecule has 1 aromatic rings. The largest absolute Gasteiger partial charge is 0.444 e. The summed E-state index contributed by atoms with van der Waals surface area (Å²) >= 11 is 1.58. The van der Waals surface area contributed by atoms with Crippen molar-refractivity contribution in [2.45, 2.75) is 84.9 Å². The van der Waals surface area contributed by atoms with Crippen LogP contribution in [0.25, 0.3) is 0 Å². The Morgan fingerprint density at radius 2 is 1.89 bits per heavy atom. The van der Waals surface area contributed by atoms with Gasteiger partial charge in [0.2, 0.25) is 11.8 Å². The van der Waals surface area contributed by atoms with E-state index in [-0.39, 0.29) is 18.4 Å². The van der Waals surface area contributed by atoms with Crippen LogP contribution in [0.5, 0.6) is 0 Å². The maximum Gasteiger partial charge on any atom is 0.408 e. The number of rotatable bonds is 14. The number of carbonyl (C=O) groups excluding carboxylic acids is 3. The van der Waals surface area contributed by atoms with Crippen LogP contribution in [0.15, 0.2) is 30.9 Å². The van der Waals surface area contributed by atoms with Gasteiger partial charge in [0.05, 0.1) is 0 Å². The lowest BCUT2D eigenvalue weighted by molar-refractivity contribution is -0.141. The fraction of sp³-hybridized carbons (Fsp3) is 0.607. The summed E-state index contributed by atoms with van der Waals surface area (Å²) in [5, 5.41) is 5.77. The highest BCUT2D eigenvalue weighted by Gasteiger charge is 2.36. The van der Waals surface area contributed by atoms with Gasteiger partial charge in [0, 0.05) is 13.1 Å². The van der Waals surface area contributed by atoms with Crippen molar-refractivity contribution in [3.8, 4) is 0 Å². The molecule has 8 heteroatoms. The second-order valence-corrected chi connectivity index (χ2v) is 11.0. The van der Waals surface area contributed by atoms with Crippen molar-refractivity contribution in [1.29, 1.82) is 0 Å². The maximum atomic E-state index is 13.9. The van der Waals surface area contributed by atoms with E-state index in [1.807, 2.05) is 38.3 Å². The van der Waals surface area contributed by atoms with Gasteiger partial charge >= 0.3 is 6.09 Å². The lowest BCUT2D eigenvalue weighted by Crippen LogP contribution is -2.53. The Hall–Kier alpha value is -2.48. The Morgan fingerprint density at radius 3 is 2.44 bits per heavy atom. The van der Waals surface area contributed by atoms with Gasteiger partial charge in [0.1, 0.15) is 17.7 Å². The highest BCUT2D eigenvalue weighted by molar-refractivity contribution is 7.98. The van der Waals surface area contributed by atoms with Crippen molar-refractivity contribution in [3.05, 3.63) is 47.5 Å². The SMILES string of the molecule is C=CCN(C(=O)C(CCSC)NC(=O)OC(C)(C)C)C(C(=O)NCCCCC)c1ccc(C)cc1C. The van der Waals surface area contributed by atoms with Crippen molar-refractivity contribution in [2.24, 2.45) is 0 Å². The third kappa shape index (κ3) is 10.6. The molecule has 0 saturated carbocycles. The predicted molar refractivity (Wildman–Crippen MR) is 149 cm³/mol. The minimum absolute atomic E-state index is 0.158. The van der Waals surface area contributed by atoms with E-state index in [0.29, 0.717) is 18.7 Å². The van der Waals surface area contributed by atoms with Crippen molar-refractivity contribution in [3.63, 3.8) is 0 Å². The average molecular weight is 520 g/mol. The van der Waals surface area contributed by atoms with Crippen LogP contribution in [0.2, 0.25) is 0 Å². The molecule has 0 fully saturated rings. The van der Waals surface area contributed by atoms with E-state index in [1.165, 1.54) is 4.90 Å². The molecule has 3 amide bonds. The highest BCUT2D eigenvalue weighted by Crippen LogP contribution is 2.27. The fourth-order valence-corrected chi connectivity index (χ4v) is 4.34. The van der Waals surface area contributed by atoms with E-state index < -0.39 is 23.8 Å². The van der Waals surface area contributed by atoms with Crippen LogP contribution < -0.4 is 10.6 Å². The van der Waals surface area contributed by atoms with Crippen LogP contribution >= 0.6 is 11.8 Å². The lowest BCUT2D eigenvalue weighted by atomic mass is 9.96. The summed E-state index contributed by atoms with van der Waals surface area (Å²) in [5.74, 6) is 0.0728. The van der Waals surface area contributed by atoms with Crippen molar-refractivity contribution < 1.29 is 19.1 Å². The highest BCUT2D eigenvalue weighted by atomic mass is 32.2. The van der Waals surface area contributed by atoms with Gasteiger partial charge in [-0.2, -0.15) is 11.8 Å². The second-order valence-electron chi connectivity index (χ2n) is 10.0. The number of unbranched alkanes of at least 4 members (excludes halogenated alkanes) is 2. The molecule has 36 heavy (non-hydrogen) atoms. The van der Waals surface area contributed by atoms with Crippen LogP contribution in [0.4, 0.5) is 4.79 Å². The molecule has 0 aliphatic rings. The van der Waals surface area contributed by atoms with Gasteiger partial charge in [-0.15, -0.1) is 6.58 Å². The summed E-state index contributed by atoms with van der Waals surface area (Å²) in [5.41, 5.74) is 2.05. The van der Waals surface area contributed by atoms with E-state index in [2.05, 4.69) is 24.1 Å². The number of ether oxygens (including phenoxy) is 1. The molecule has 0 heterocycles. The van der Waals surface area contributed by atoms with E-state index in [0.717, 1.165) is 36.0 Å². The molecule has 2 N–H and O–H groups in total. The summed E-state index contributed by atoms with van der Waals surface area (Å²) in [7, 11) is 0.